The number of benzene rings is 1. The van der Waals surface area contributed by atoms with Crippen LogP contribution >= 0.6 is 0 Å². The maximum atomic E-state index is 11.0. The Bertz CT molecular complexity index is 453. The van der Waals surface area contributed by atoms with E-state index in [0.717, 1.165) is 24.9 Å². The molecule has 4 heteroatoms. The number of nitrogens with one attached hydrogen (secondary N) is 1. The van der Waals surface area contributed by atoms with Crippen molar-refractivity contribution in [3.05, 3.63) is 29.8 Å². The molecule has 1 fully saturated rings. The van der Waals surface area contributed by atoms with E-state index in [1.54, 1.807) is 24.3 Å². The fourth-order valence-corrected chi connectivity index (χ4v) is 2.84. The highest BCUT2D eigenvalue weighted by molar-refractivity contribution is 5.90. The van der Waals surface area contributed by atoms with Crippen LogP contribution < -0.4 is 10.1 Å². The summed E-state index contributed by atoms with van der Waals surface area (Å²) in [6, 6.07) is 6.76. The minimum absolute atomic E-state index is 0.221. The molecule has 0 amide bonds. The molecule has 0 saturated heterocycles. The van der Waals surface area contributed by atoms with Gasteiger partial charge < -0.3 is 15.2 Å². The first-order valence-electron chi connectivity index (χ1n) is 7.82. The number of carboxylic acid groups (broad SMARTS) is 1. The fraction of sp³-hybridized carbons (Fsp3) is 0.588. The average molecular weight is 291 g/mol. The molecule has 0 heterocycles. The van der Waals surface area contributed by atoms with Gasteiger partial charge in [0.15, 0.2) is 0 Å². The third-order valence-corrected chi connectivity index (χ3v) is 4.22. The summed E-state index contributed by atoms with van der Waals surface area (Å²) in [4.78, 5) is 11.0. The van der Waals surface area contributed by atoms with Crippen LogP contribution in [0, 0.1) is 11.8 Å². The zero-order chi connectivity index (χ0) is 15.1. The largest absolute Gasteiger partial charge is 0.491 e. The smallest absolute Gasteiger partial charge is 0.339 e. The highest BCUT2D eigenvalue weighted by Gasteiger charge is 2.17. The summed E-state index contributed by atoms with van der Waals surface area (Å²) in [6.07, 6.45) is 5.32. The minimum Gasteiger partial charge on any atom is -0.491 e. The summed E-state index contributed by atoms with van der Waals surface area (Å²) < 4.78 is 5.56. The molecule has 0 spiro atoms. The fourth-order valence-electron chi connectivity index (χ4n) is 2.84. The molecule has 116 valence electrons. The summed E-state index contributed by atoms with van der Waals surface area (Å²) in [5.74, 6) is 1.16. The van der Waals surface area contributed by atoms with Gasteiger partial charge in [-0.25, -0.2) is 4.79 Å². The van der Waals surface area contributed by atoms with Gasteiger partial charge in [0.25, 0.3) is 0 Å². The molecule has 0 atom stereocenters. The molecule has 1 saturated carbocycles. The number of hydrogen-bond donors (Lipinski definition) is 2. The van der Waals surface area contributed by atoms with Crippen LogP contribution in [0.2, 0.25) is 0 Å². The van der Waals surface area contributed by atoms with Crippen LogP contribution in [0.1, 0.15) is 43.0 Å². The van der Waals surface area contributed by atoms with Gasteiger partial charge in [0, 0.05) is 6.54 Å². The molecule has 1 aliphatic rings. The monoisotopic (exact) mass is 291 g/mol. The summed E-state index contributed by atoms with van der Waals surface area (Å²) in [5.41, 5.74) is 0.221. The third-order valence-electron chi connectivity index (χ3n) is 4.22. The minimum atomic E-state index is -0.949. The van der Waals surface area contributed by atoms with Crippen LogP contribution in [-0.2, 0) is 0 Å². The molecular weight excluding hydrogens is 266 g/mol. The first kappa shape index (κ1) is 15.8. The number of carboxylic acids is 1. The van der Waals surface area contributed by atoms with Crippen molar-refractivity contribution in [1.82, 2.24) is 5.32 Å². The molecule has 4 nitrogen and oxygen atoms in total. The predicted octanol–water partition coefficient (Wildman–Crippen LogP) is 3.18. The van der Waals surface area contributed by atoms with Crippen molar-refractivity contribution in [2.45, 2.75) is 32.6 Å². The van der Waals surface area contributed by atoms with Crippen LogP contribution in [0.5, 0.6) is 5.75 Å². The van der Waals surface area contributed by atoms with Crippen LogP contribution in [-0.4, -0.2) is 30.8 Å². The van der Waals surface area contributed by atoms with E-state index in [9.17, 15) is 4.79 Å². The van der Waals surface area contributed by atoms with Gasteiger partial charge in [-0.05, 0) is 43.4 Å². The van der Waals surface area contributed by atoms with E-state index in [2.05, 4.69) is 12.2 Å². The Kier molecular flexibility index (Phi) is 6.05. The van der Waals surface area contributed by atoms with Crippen molar-refractivity contribution in [1.29, 1.82) is 0 Å². The standard InChI is InChI=1S/C17H25NO3/c1-13-6-8-14(9-7-13)12-18-10-11-21-16-5-3-2-4-15(16)17(19)20/h2-5,13-14,18H,6-12H2,1H3,(H,19,20). The zero-order valence-corrected chi connectivity index (χ0v) is 12.7. The number of para-hydroxylation sites is 1. The Morgan fingerprint density at radius 3 is 2.71 bits per heavy atom. The van der Waals surface area contributed by atoms with Crippen LogP contribution in [0.4, 0.5) is 0 Å². The molecule has 0 radical (unpaired) electrons. The first-order chi connectivity index (χ1) is 10.2. The lowest BCUT2D eigenvalue weighted by Gasteiger charge is -2.26. The second kappa shape index (κ2) is 8.03. The Balaban J connectivity index is 1.65. The van der Waals surface area contributed by atoms with Gasteiger partial charge in [-0.1, -0.05) is 31.9 Å². The van der Waals surface area contributed by atoms with Crippen LogP contribution in [0.25, 0.3) is 0 Å². The van der Waals surface area contributed by atoms with Crippen molar-refractivity contribution in [2.75, 3.05) is 19.7 Å². The van der Waals surface area contributed by atoms with Crippen LogP contribution in [0.3, 0.4) is 0 Å². The summed E-state index contributed by atoms with van der Waals surface area (Å²) in [6.45, 7) is 4.61. The van der Waals surface area contributed by atoms with E-state index in [0.29, 0.717) is 12.4 Å². The third kappa shape index (κ3) is 5.05. The normalized spacial score (nSPS) is 22.0. The van der Waals surface area contributed by atoms with Gasteiger partial charge in [-0.15, -0.1) is 0 Å². The number of aromatic carboxylic acids is 1. The van der Waals surface area contributed by atoms with Gasteiger partial charge in [0.05, 0.1) is 0 Å². The van der Waals surface area contributed by atoms with E-state index < -0.39 is 5.97 Å². The van der Waals surface area contributed by atoms with Crippen LogP contribution in [0.15, 0.2) is 24.3 Å². The predicted molar refractivity (Wildman–Crippen MR) is 82.9 cm³/mol. The first-order valence-corrected chi connectivity index (χ1v) is 7.82. The molecule has 1 aromatic rings. The molecule has 0 unspecified atom stereocenters. The SMILES string of the molecule is CC1CCC(CNCCOc2ccccc2C(=O)O)CC1. The van der Waals surface area contributed by atoms with Gasteiger partial charge in [-0.3, -0.25) is 0 Å². The Morgan fingerprint density at radius 1 is 1.29 bits per heavy atom. The van der Waals surface area contributed by atoms with Gasteiger partial charge >= 0.3 is 5.97 Å². The number of carbonyl (C=O) groups is 1. The zero-order valence-electron chi connectivity index (χ0n) is 12.7. The Labute approximate surface area is 126 Å². The molecule has 0 aliphatic heterocycles. The lowest BCUT2D eigenvalue weighted by atomic mass is 9.83. The number of ether oxygens (including phenoxy) is 1. The lowest BCUT2D eigenvalue weighted by molar-refractivity contribution is 0.0692. The summed E-state index contributed by atoms with van der Waals surface area (Å²) in [5, 5.41) is 12.5. The molecule has 0 bridgehead atoms. The van der Waals surface area contributed by atoms with Gasteiger partial charge in [0.1, 0.15) is 17.9 Å². The molecule has 2 N–H and O–H groups in total. The molecule has 21 heavy (non-hydrogen) atoms. The van der Waals surface area contributed by atoms with E-state index in [4.69, 9.17) is 9.84 Å². The molecule has 2 rings (SSSR count). The maximum absolute atomic E-state index is 11.0. The van der Waals surface area contributed by atoms with Crippen molar-refractivity contribution < 1.29 is 14.6 Å². The second-order valence-corrected chi connectivity index (χ2v) is 5.98. The van der Waals surface area contributed by atoms with Crippen molar-refractivity contribution >= 4 is 5.97 Å². The number of rotatable bonds is 7. The van der Waals surface area contributed by atoms with E-state index in [-0.39, 0.29) is 5.56 Å². The van der Waals surface area contributed by atoms with Gasteiger partial charge in [-0.2, -0.15) is 0 Å². The second-order valence-electron chi connectivity index (χ2n) is 5.98. The Hall–Kier alpha value is -1.55. The quantitative estimate of drug-likeness (QED) is 0.758. The molecular formula is C17H25NO3. The molecule has 1 aliphatic carbocycles. The van der Waals surface area contributed by atoms with Crippen molar-refractivity contribution in [3.63, 3.8) is 0 Å². The average Bonchev–Trinajstić information content (AvgIpc) is 2.49. The van der Waals surface area contributed by atoms with Crippen molar-refractivity contribution in [2.24, 2.45) is 11.8 Å². The van der Waals surface area contributed by atoms with E-state index in [1.165, 1.54) is 25.7 Å². The Morgan fingerprint density at radius 2 is 2.00 bits per heavy atom. The highest BCUT2D eigenvalue weighted by atomic mass is 16.5. The highest BCUT2D eigenvalue weighted by Crippen LogP contribution is 2.27. The molecule has 0 aromatic heterocycles. The summed E-state index contributed by atoms with van der Waals surface area (Å²) >= 11 is 0. The van der Waals surface area contributed by atoms with Gasteiger partial charge in [0.2, 0.25) is 0 Å². The topological polar surface area (TPSA) is 58.6 Å². The van der Waals surface area contributed by atoms with E-state index >= 15 is 0 Å². The lowest BCUT2D eigenvalue weighted by Crippen LogP contribution is -2.29. The summed E-state index contributed by atoms with van der Waals surface area (Å²) in [7, 11) is 0. The number of hydrogen-bond acceptors (Lipinski definition) is 3. The molecule has 1 aromatic carbocycles. The van der Waals surface area contributed by atoms with E-state index in [1.807, 2.05) is 0 Å². The van der Waals surface area contributed by atoms with Crippen molar-refractivity contribution in [3.8, 4) is 5.75 Å². The maximum Gasteiger partial charge on any atom is 0.339 e.